The fourth-order valence-electron chi connectivity index (χ4n) is 4.34. The Hall–Kier alpha value is -1.89. The van der Waals surface area contributed by atoms with Gasteiger partial charge in [0.15, 0.2) is 0 Å². The van der Waals surface area contributed by atoms with E-state index in [2.05, 4.69) is 10.4 Å². The number of fused-ring (bicyclic) bond motifs is 2. The van der Waals surface area contributed by atoms with Crippen LogP contribution in [0.2, 0.25) is 0 Å². The summed E-state index contributed by atoms with van der Waals surface area (Å²) in [4.78, 5) is 28.4. The minimum Gasteiger partial charge on any atom is -0.349 e. The van der Waals surface area contributed by atoms with Gasteiger partial charge in [0.1, 0.15) is 5.69 Å². The van der Waals surface area contributed by atoms with Crippen molar-refractivity contribution in [3.8, 4) is 0 Å². The van der Waals surface area contributed by atoms with E-state index in [1.165, 1.54) is 6.42 Å². The van der Waals surface area contributed by atoms with Crippen molar-refractivity contribution in [2.24, 2.45) is 18.9 Å². The maximum Gasteiger partial charge on any atom is 0.272 e. The molecule has 2 amide bonds. The molecule has 3 unspecified atom stereocenters. The van der Waals surface area contributed by atoms with Crippen LogP contribution in [0.15, 0.2) is 6.07 Å². The Labute approximate surface area is 155 Å². The Morgan fingerprint density at radius 2 is 2.12 bits per heavy atom. The first kappa shape index (κ1) is 18.9. The Bertz CT molecular complexity index is 669. The molecule has 2 aliphatic heterocycles. The summed E-state index contributed by atoms with van der Waals surface area (Å²) in [6.07, 6.45) is 3.65. The molecule has 26 heavy (non-hydrogen) atoms. The van der Waals surface area contributed by atoms with Crippen LogP contribution >= 0.6 is 0 Å². The summed E-state index contributed by atoms with van der Waals surface area (Å²) < 4.78 is 1.69. The van der Waals surface area contributed by atoms with E-state index in [0.29, 0.717) is 30.0 Å². The molecule has 7 heteroatoms. The normalized spacial score (nSPS) is 25.2. The van der Waals surface area contributed by atoms with Crippen LogP contribution in [0.25, 0.3) is 0 Å². The molecule has 3 heterocycles. The fraction of sp³-hybridized carbons (Fsp3) is 0.737. The summed E-state index contributed by atoms with van der Waals surface area (Å²) in [6.45, 7) is 4.48. The van der Waals surface area contributed by atoms with E-state index in [-0.39, 0.29) is 11.8 Å². The number of rotatable bonds is 5. The average molecular weight is 361 g/mol. The predicted molar refractivity (Wildman–Crippen MR) is 99.8 cm³/mol. The van der Waals surface area contributed by atoms with Crippen LogP contribution in [-0.4, -0.2) is 71.2 Å². The number of aryl methyl sites for hydroxylation is 2. The molecule has 0 radical (unpaired) electrons. The first-order chi connectivity index (χ1) is 12.3. The number of carbonyl (C=O) groups is 2. The molecule has 2 saturated heterocycles. The van der Waals surface area contributed by atoms with Crippen molar-refractivity contribution in [1.29, 1.82) is 0 Å². The Kier molecular flexibility index (Phi) is 5.65. The molecule has 1 aromatic rings. The number of aromatic nitrogens is 2. The van der Waals surface area contributed by atoms with Crippen LogP contribution in [0.1, 0.15) is 41.9 Å². The lowest BCUT2D eigenvalue weighted by atomic mass is 9.79. The van der Waals surface area contributed by atoms with E-state index in [1.54, 1.807) is 23.7 Å². The lowest BCUT2D eigenvalue weighted by Crippen LogP contribution is -2.57. The van der Waals surface area contributed by atoms with Gasteiger partial charge in [-0.05, 0) is 50.6 Å². The monoisotopic (exact) mass is 361 g/mol. The van der Waals surface area contributed by atoms with Gasteiger partial charge >= 0.3 is 0 Å². The van der Waals surface area contributed by atoms with E-state index < -0.39 is 0 Å². The molecule has 3 rings (SSSR count). The van der Waals surface area contributed by atoms with E-state index in [4.69, 9.17) is 0 Å². The van der Waals surface area contributed by atoms with E-state index in [0.717, 1.165) is 38.2 Å². The minimum atomic E-state index is 0.0891. The number of carbonyl (C=O) groups excluding carboxylic acids is 2. The van der Waals surface area contributed by atoms with Gasteiger partial charge in [0.2, 0.25) is 5.91 Å². The summed E-state index contributed by atoms with van der Waals surface area (Å²) in [5.41, 5.74) is 1.54. The minimum absolute atomic E-state index is 0.0891. The van der Waals surface area contributed by atoms with Gasteiger partial charge in [0.25, 0.3) is 5.91 Å². The third-order valence-electron chi connectivity index (χ3n) is 5.72. The number of likely N-dealkylation sites (tertiary alicyclic amines) is 1. The molecule has 0 spiro atoms. The van der Waals surface area contributed by atoms with Gasteiger partial charge < -0.3 is 15.1 Å². The molecular weight excluding hydrogens is 330 g/mol. The van der Waals surface area contributed by atoms with Gasteiger partial charge in [-0.25, -0.2) is 0 Å². The number of hydrogen-bond donors (Lipinski definition) is 1. The van der Waals surface area contributed by atoms with Crippen molar-refractivity contribution < 1.29 is 9.59 Å². The quantitative estimate of drug-likeness (QED) is 0.851. The van der Waals surface area contributed by atoms with Crippen LogP contribution in [0.5, 0.6) is 0 Å². The number of amides is 2. The Balaban J connectivity index is 1.59. The van der Waals surface area contributed by atoms with Gasteiger partial charge in [-0.3, -0.25) is 14.3 Å². The molecule has 0 aliphatic carbocycles. The number of piperidine rings is 2. The molecule has 1 aromatic heterocycles. The van der Waals surface area contributed by atoms with Crippen LogP contribution in [0.4, 0.5) is 0 Å². The highest BCUT2D eigenvalue weighted by Gasteiger charge is 2.38. The van der Waals surface area contributed by atoms with Crippen LogP contribution < -0.4 is 5.32 Å². The number of hydrogen-bond acceptors (Lipinski definition) is 4. The van der Waals surface area contributed by atoms with Crippen molar-refractivity contribution in [2.45, 2.75) is 38.6 Å². The highest BCUT2D eigenvalue weighted by molar-refractivity contribution is 5.92. The second-order valence-electron chi connectivity index (χ2n) is 8.06. The van der Waals surface area contributed by atoms with Gasteiger partial charge in [-0.15, -0.1) is 0 Å². The van der Waals surface area contributed by atoms with Crippen molar-refractivity contribution in [3.63, 3.8) is 0 Å². The fourth-order valence-corrected chi connectivity index (χ4v) is 4.34. The van der Waals surface area contributed by atoms with Crippen molar-refractivity contribution in [3.05, 3.63) is 17.5 Å². The van der Waals surface area contributed by atoms with Crippen LogP contribution in [0, 0.1) is 18.8 Å². The first-order valence-corrected chi connectivity index (χ1v) is 9.58. The van der Waals surface area contributed by atoms with Crippen LogP contribution in [0.3, 0.4) is 0 Å². The molecule has 1 N–H and O–H groups in total. The van der Waals surface area contributed by atoms with Gasteiger partial charge in [0, 0.05) is 46.7 Å². The molecule has 7 nitrogen and oxygen atoms in total. The van der Waals surface area contributed by atoms with Gasteiger partial charge in [-0.1, -0.05) is 0 Å². The molecule has 2 bridgehead atoms. The molecule has 144 valence electrons. The molecule has 0 saturated carbocycles. The lowest BCUT2D eigenvalue weighted by Gasteiger charge is -2.46. The average Bonchev–Trinajstić information content (AvgIpc) is 2.94. The smallest absolute Gasteiger partial charge is 0.272 e. The van der Waals surface area contributed by atoms with Crippen molar-refractivity contribution in [2.75, 3.05) is 33.7 Å². The highest BCUT2D eigenvalue weighted by atomic mass is 16.2. The van der Waals surface area contributed by atoms with Gasteiger partial charge in [-0.2, -0.15) is 5.10 Å². The summed E-state index contributed by atoms with van der Waals surface area (Å²) in [6, 6.07) is 2.26. The summed E-state index contributed by atoms with van der Waals surface area (Å²) in [5.74, 6) is 1.26. The zero-order chi connectivity index (χ0) is 18.8. The Morgan fingerprint density at radius 1 is 1.35 bits per heavy atom. The third-order valence-corrected chi connectivity index (χ3v) is 5.72. The molecule has 3 atom stereocenters. The molecule has 0 aromatic carbocycles. The third kappa shape index (κ3) is 4.09. The Morgan fingerprint density at radius 3 is 2.77 bits per heavy atom. The van der Waals surface area contributed by atoms with E-state index in [9.17, 15) is 9.59 Å². The topological polar surface area (TPSA) is 70.5 Å². The SMILES string of the molecule is Cc1cc(C(=O)N2CC3CNC(CCCC(=O)N(C)C)C(C3)C2)n(C)n1. The molecule has 2 aliphatic rings. The van der Waals surface area contributed by atoms with E-state index in [1.807, 2.05) is 24.9 Å². The second-order valence-corrected chi connectivity index (χ2v) is 8.06. The molecular formula is C19H31N5O2. The predicted octanol–water partition coefficient (Wildman–Crippen LogP) is 1.04. The van der Waals surface area contributed by atoms with E-state index >= 15 is 0 Å². The number of nitrogens with zero attached hydrogens (tertiary/aromatic N) is 4. The summed E-state index contributed by atoms with van der Waals surface area (Å²) in [7, 11) is 5.43. The summed E-state index contributed by atoms with van der Waals surface area (Å²) in [5, 5.41) is 7.96. The zero-order valence-electron chi connectivity index (χ0n) is 16.4. The standard InChI is InChI=1S/C19H31N5O2/c1-13-8-17(23(4)21-13)19(26)24-11-14-9-15(12-24)16(20-10-14)6-5-7-18(25)22(2)3/h8,14-16,20H,5-7,9-12H2,1-4H3. The first-order valence-electron chi connectivity index (χ1n) is 9.58. The number of nitrogens with one attached hydrogen (secondary N) is 1. The zero-order valence-corrected chi connectivity index (χ0v) is 16.4. The molecule has 2 fully saturated rings. The summed E-state index contributed by atoms with van der Waals surface area (Å²) >= 11 is 0. The van der Waals surface area contributed by atoms with Crippen molar-refractivity contribution >= 4 is 11.8 Å². The van der Waals surface area contributed by atoms with Crippen molar-refractivity contribution in [1.82, 2.24) is 24.9 Å². The maximum atomic E-state index is 12.9. The largest absolute Gasteiger partial charge is 0.349 e. The maximum absolute atomic E-state index is 12.9. The van der Waals surface area contributed by atoms with Gasteiger partial charge in [0.05, 0.1) is 5.69 Å². The van der Waals surface area contributed by atoms with Crippen LogP contribution in [-0.2, 0) is 11.8 Å². The highest BCUT2D eigenvalue weighted by Crippen LogP contribution is 2.31. The second kappa shape index (κ2) is 7.78. The lowest BCUT2D eigenvalue weighted by molar-refractivity contribution is -0.128.